The van der Waals surface area contributed by atoms with Gasteiger partial charge in [-0.15, -0.1) is 0 Å². The number of carbonyl (C=O) groups is 2. The van der Waals surface area contributed by atoms with E-state index in [9.17, 15) is 19.7 Å². The summed E-state index contributed by atoms with van der Waals surface area (Å²) in [5, 5.41) is 12.3. The van der Waals surface area contributed by atoms with Crippen molar-refractivity contribution in [3.05, 3.63) is 75.5 Å². The van der Waals surface area contributed by atoms with E-state index < -0.39 is 23.0 Å². The zero-order chi connectivity index (χ0) is 20.7. The zero-order valence-electron chi connectivity index (χ0n) is 15.9. The molecule has 1 aromatic heterocycles. The normalized spacial score (nSPS) is 18.3. The number of nitro groups is 1. The molecule has 4 rings (SSSR count). The molecule has 0 bridgehead atoms. The quantitative estimate of drug-likeness (QED) is 0.418. The lowest BCUT2D eigenvalue weighted by molar-refractivity contribution is -0.384. The van der Waals surface area contributed by atoms with Gasteiger partial charge in [-0.3, -0.25) is 14.9 Å². The van der Waals surface area contributed by atoms with E-state index in [1.807, 2.05) is 24.3 Å². The number of fused-ring (bicyclic) bond motifs is 3. The summed E-state index contributed by atoms with van der Waals surface area (Å²) in [6, 6.07) is 12.3. The SMILES string of the molecule is COC(=O)C1Cc2c([nH]c3ccccc23)C(c2cccc([N+](=O)[O-])c2)N1C(C)=O. The monoisotopic (exact) mass is 393 g/mol. The fraction of sp³-hybridized carbons (Fsp3) is 0.238. The first kappa shape index (κ1) is 18.7. The van der Waals surface area contributed by atoms with E-state index in [2.05, 4.69) is 4.98 Å². The van der Waals surface area contributed by atoms with Crippen LogP contribution in [0.15, 0.2) is 48.5 Å². The molecule has 29 heavy (non-hydrogen) atoms. The fourth-order valence-corrected chi connectivity index (χ4v) is 4.15. The van der Waals surface area contributed by atoms with Gasteiger partial charge in [0.1, 0.15) is 6.04 Å². The lowest BCUT2D eigenvalue weighted by Crippen LogP contribution is -2.51. The molecule has 2 unspecified atom stereocenters. The number of nitrogens with zero attached hydrogens (tertiary/aromatic N) is 2. The maximum atomic E-state index is 12.6. The third kappa shape index (κ3) is 3.02. The molecule has 1 aliphatic rings. The number of H-pyrrole nitrogens is 1. The van der Waals surface area contributed by atoms with Gasteiger partial charge in [-0.1, -0.05) is 30.3 Å². The van der Waals surface area contributed by atoms with E-state index in [1.54, 1.807) is 12.1 Å². The lowest BCUT2D eigenvalue weighted by atomic mass is 9.87. The number of non-ortho nitro benzene ring substituents is 1. The molecule has 0 spiro atoms. The van der Waals surface area contributed by atoms with Gasteiger partial charge in [0.25, 0.3) is 5.69 Å². The molecule has 8 nitrogen and oxygen atoms in total. The van der Waals surface area contributed by atoms with Gasteiger partial charge in [-0.25, -0.2) is 4.79 Å². The number of nitro benzene ring substituents is 1. The molecule has 0 saturated heterocycles. The number of para-hydroxylation sites is 1. The minimum Gasteiger partial charge on any atom is -0.467 e. The summed E-state index contributed by atoms with van der Waals surface area (Å²) in [6.45, 7) is 1.38. The highest BCUT2D eigenvalue weighted by Crippen LogP contribution is 2.41. The molecule has 0 radical (unpaired) electrons. The van der Waals surface area contributed by atoms with Crippen LogP contribution in [0.5, 0.6) is 0 Å². The summed E-state index contributed by atoms with van der Waals surface area (Å²) in [4.78, 5) is 40.8. The van der Waals surface area contributed by atoms with Crippen molar-refractivity contribution in [2.75, 3.05) is 7.11 Å². The van der Waals surface area contributed by atoms with Gasteiger partial charge in [0.05, 0.1) is 18.1 Å². The number of methoxy groups -OCH3 is 1. The molecular weight excluding hydrogens is 374 g/mol. The van der Waals surface area contributed by atoms with Crippen molar-refractivity contribution in [2.24, 2.45) is 0 Å². The van der Waals surface area contributed by atoms with Crippen molar-refractivity contribution < 1.29 is 19.2 Å². The minimum atomic E-state index is -0.825. The molecule has 2 atom stereocenters. The highest BCUT2D eigenvalue weighted by Gasteiger charge is 2.43. The second kappa shape index (κ2) is 7.05. The van der Waals surface area contributed by atoms with Gasteiger partial charge in [0.15, 0.2) is 0 Å². The Morgan fingerprint density at radius 3 is 2.66 bits per heavy atom. The second-order valence-corrected chi connectivity index (χ2v) is 6.99. The Morgan fingerprint density at radius 2 is 1.97 bits per heavy atom. The Balaban J connectivity index is 1.99. The molecule has 1 N–H and O–H groups in total. The molecule has 8 heteroatoms. The van der Waals surface area contributed by atoms with Crippen molar-refractivity contribution in [2.45, 2.75) is 25.4 Å². The molecule has 0 saturated carbocycles. The molecule has 1 aliphatic heterocycles. The molecule has 0 aliphatic carbocycles. The van der Waals surface area contributed by atoms with Crippen LogP contribution in [-0.2, 0) is 20.7 Å². The highest BCUT2D eigenvalue weighted by atomic mass is 16.6. The van der Waals surface area contributed by atoms with Crippen LogP contribution in [0.3, 0.4) is 0 Å². The molecule has 148 valence electrons. The average Bonchev–Trinajstić information content (AvgIpc) is 3.10. The van der Waals surface area contributed by atoms with E-state index in [0.717, 1.165) is 22.2 Å². The Labute approximate surface area is 166 Å². The molecule has 1 amide bonds. The van der Waals surface area contributed by atoms with E-state index in [1.165, 1.54) is 31.1 Å². The largest absolute Gasteiger partial charge is 0.467 e. The number of ether oxygens (including phenoxy) is 1. The van der Waals surface area contributed by atoms with Crippen LogP contribution in [-0.4, -0.2) is 39.8 Å². The Hall–Kier alpha value is -3.68. The zero-order valence-corrected chi connectivity index (χ0v) is 15.9. The molecule has 3 aromatic rings. The topological polar surface area (TPSA) is 106 Å². The maximum absolute atomic E-state index is 12.6. The van der Waals surface area contributed by atoms with Crippen LogP contribution in [0, 0.1) is 10.1 Å². The second-order valence-electron chi connectivity index (χ2n) is 6.99. The third-order valence-electron chi connectivity index (χ3n) is 5.37. The maximum Gasteiger partial charge on any atom is 0.328 e. The van der Waals surface area contributed by atoms with Gasteiger partial charge >= 0.3 is 5.97 Å². The smallest absolute Gasteiger partial charge is 0.328 e. The molecule has 2 aromatic carbocycles. The van der Waals surface area contributed by atoms with Gasteiger partial charge in [0, 0.05) is 42.1 Å². The van der Waals surface area contributed by atoms with Crippen molar-refractivity contribution >= 4 is 28.5 Å². The van der Waals surface area contributed by atoms with Crippen LogP contribution >= 0.6 is 0 Å². The molecule has 0 fully saturated rings. The van der Waals surface area contributed by atoms with Gasteiger partial charge in [-0.2, -0.15) is 0 Å². The number of aromatic amines is 1. The summed E-state index contributed by atoms with van der Waals surface area (Å²) >= 11 is 0. The average molecular weight is 393 g/mol. The molecule has 2 heterocycles. The van der Waals surface area contributed by atoms with E-state index in [-0.39, 0.29) is 11.6 Å². The first-order chi connectivity index (χ1) is 13.9. The number of hydrogen-bond acceptors (Lipinski definition) is 5. The van der Waals surface area contributed by atoms with Crippen LogP contribution in [0.1, 0.15) is 29.8 Å². The highest BCUT2D eigenvalue weighted by molar-refractivity contribution is 5.90. The van der Waals surface area contributed by atoms with Gasteiger partial charge in [-0.05, 0) is 17.2 Å². The number of rotatable bonds is 3. The van der Waals surface area contributed by atoms with Crippen molar-refractivity contribution in [3.8, 4) is 0 Å². The summed E-state index contributed by atoms with van der Waals surface area (Å²) in [7, 11) is 1.29. The predicted molar refractivity (Wildman–Crippen MR) is 105 cm³/mol. The van der Waals surface area contributed by atoms with E-state index >= 15 is 0 Å². The van der Waals surface area contributed by atoms with E-state index in [4.69, 9.17) is 4.74 Å². The van der Waals surface area contributed by atoms with Crippen molar-refractivity contribution in [1.29, 1.82) is 0 Å². The van der Waals surface area contributed by atoms with Crippen molar-refractivity contribution in [1.82, 2.24) is 9.88 Å². The minimum absolute atomic E-state index is 0.0798. The summed E-state index contributed by atoms with van der Waals surface area (Å²) < 4.78 is 4.97. The standard InChI is InChI=1S/C21H19N3O5/c1-12(25)23-18(21(26)29-2)11-16-15-8-3-4-9-17(15)22-19(16)20(23)13-6-5-7-14(10-13)24(27)28/h3-10,18,20,22H,11H2,1-2H3. The molecular formula is C21H19N3O5. The van der Waals surface area contributed by atoms with Crippen molar-refractivity contribution in [3.63, 3.8) is 0 Å². The third-order valence-corrected chi connectivity index (χ3v) is 5.37. The first-order valence-electron chi connectivity index (χ1n) is 9.13. The number of benzene rings is 2. The van der Waals surface area contributed by atoms with E-state index in [0.29, 0.717) is 12.0 Å². The Kier molecular flexibility index (Phi) is 4.54. The number of amides is 1. The van der Waals surface area contributed by atoms with Gasteiger partial charge in [0.2, 0.25) is 5.91 Å². The van der Waals surface area contributed by atoms with Crippen LogP contribution in [0.4, 0.5) is 5.69 Å². The summed E-state index contributed by atoms with van der Waals surface area (Å²) in [5.41, 5.74) is 3.01. The number of nitrogens with one attached hydrogen (secondary N) is 1. The van der Waals surface area contributed by atoms with Crippen LogP contribution in [0.25, 0.3) is 10.9 Å². The Morgan fingerprint density at radius 1 is 1.21 bits per heavy atom. The predicted octanol–water partition coefficient (Wildman–Crippen LogP) is 3.11. The van der Waals surface area contributed by atoms with Crippen LogP contribution in [0.2, 0.25) is 0 Å². The Bertz CT molecular complexity index is 1140. The number of carbonyl (C=O) groups excluding carboxylic acids is 2. The lowest BCUT2D eigenvalue weighted by Gasteiger charge is -2.40. The summed E-state index contributed by atoms with van der Waals surface area (Å²) in [6.07, 6.45) is 0.303. The number of esters is 1. The van der Waals surface area contributed by atoms with Crippen LogP contribution < -0.4 is 0 Å². The van der Waals surface area contributed by atoms with Gasteiger partial charge < -0.3 is 14.6 Å². The fourth-order valence-electron chi connectivity index (χ4n) is 4.15. The summed E-state index contributed by atoms with van der Waals surface area (Å²) in [5.74, 6) is -0.840. The number of aromatic nitrogens is 1. The first-order valence-corrected chi connectivity index (χ1v) is 9.13. The number of hydrogen-bond donors (Lipinski definition) is 1.